The Kier molecular flexibility index (Phi) is 9.10. The second-order valence-electron chi connectivity index (χ2n) is 5.75. The number of hydrogen-bond acceptors (Lipinski definition) is 5. The largest absolute Gasteiger partial charge is 0.493 e. The molecule has 0 heterocycles. The van der Waals surface area contributed by atoms with Crippen LogP contribution in [0.5, 0.6) is 11.5 Å². The molecule has 0 amide bonds. The number of rotatable bonds is 11. The minimum absolute atomic E-state index is 0.0598. The maximum atomic E-state index is 13.9. The van der Waals surface area contributed by atoms with E-state index in [1.54, 1.807) is 12.1 Å². The summed E-state index contributed by atoms with van der Waals surface area (Å²) in [5.74, 6) is 0.366. The molecule has 0 saturated heterocycles. The van der Waals surface area contributed by atoms with E-state index in [1.165, 1.54) is 19.2 Å². The number of aliphatic hydroxyl groups is 1. The lowest BCUT2D eigenvalue weighted by atomic mass is 10.2. The minimum atomic E-state index is -0.437. The monoisotopic (exact) mass is 416 g/mol. The zero-order valence-electron chi connectivity index (χ0n) is 15.0. The van der Waals surface area contributed by atoms with Crippen molar-refractivity contribution in [2.45, 2.75) is 13.2 Å². The van der Waals surface area contributed by atoms with Crippen molar-refractivity contribution in [2.75, 3.05) is 33.4 Å². The minimum Gasteiger partial charge on any atom is -0.493 e. The van der Waals surface area contributed by atoms with Gasteiger partial charge in [0.15, 0.2) is 11.5 Å². The van der Waals surface area contributed by atoms with Gasteiger partial charge in [-0.1, -0.05) is 29.3 Å². The van der Waals surface area contributed by atoms with Gasteiger partial charge in [-0.05, 0) is 29.8 Å². The summed E-state index contributed by atoms with van der Waals surface area (Å²) in [6, 6.07) is 8.06. The molecule has 0 fully saturated rings. The number of ether oxygens (including phenoxy) is 2. The second kappa shape index (κ2) is 11.3. The van der Waals surface area contributed by atoms with Crippen LogP contribution in [0, 0.1) is 5.82 Å². The highest BCUT2D eigenvalue weighted by Crippen LogP contribution is 2.37. The molecule has 5 nitrogen and oxygen atoms in total. The fraction of sp³-hybridized carbons (Fsp3) is 0.368. The number of hydrogen-bond donors (Lipinski definition) is 3. The predicted octanol–water partition coefficient (Wildman–Crippen LogP) is 3.39. The topological polar surface area (TPSA) is 62.8 Å². The van der Waals surface area contributed by atoms with Crippen LogP contribution in [0.25, 0.3) is 0 Å². The summed E-state index contributed by atoms with van der Waals surface area (Å²) in [6.45, 7) is 2.71. The van der Waals surface area contributed by atoms with E-state index in [-0.39, 0.29) is 18.8 Å². The van der Waals surface area contributed by atoms with Crippen LogP contribution in [0.1, 0.15) is 11.1 Å². The Morgan fingerprint density at radius 2 is 1.85 bits per heavy atom. The van der Waals surface area contributed by atoms with Gasteiger partial charge in [0.25, 0.3) is 0 Å². The van der Waals surface area contributed by atoms with E-state index in [0.29, 0.717) is 34.6 Å². The lowest BCUT2D eigenvalue weighted by molar-refractivity contribution is 0.280. The molecule has 148 valence electrons. The molecular weight excluding hydrogens is 394 g/mol. The van der Waals surface area contributed by atoms with Crippen LogP contribution < -0.4 is 20.1 Å². The van der Waals surface area contributed by atoms with E-state index in [2.05, 4.69) is 10.6 Å². The van der Waals surface area contributed by atoms with Crippen molar-refractivity contribution in [1.82, 2.24) is 10.6 Å². The third-order valence-electron chi connectivity index (χ3n) is 3.81. The Balaban J connectivity index is 2.01. The Morgan fingerprint density at radius 3 is 2.56 bits per heavy atom. The molecule has 0 aliphatic carbocycles. The molecule has 0 aliphatic heterocycles. The van der Waals surface area contributed by atoms with E-state index < -0.39 is 5.82 Å². The third kappa shape index (κ3) is 6.52. The Bertz CT molecular complexity index is 727. The molecule has 2 aromatic carbocycles. The van der Waals surface area contributed by atoms with Gasteiger partial charge in [0, 0.05) is 31.7 Å². The average Bonchev–Trinajstić information content (AvgIpc) is 2.65. The third-order valence-corrected chi connectivity index (χ3v) is 4.44. The quantitative estimate of drug-likeness (QED) is 0.490. The van der Waals surface area contributed by atoms with Crippen molar-refractivity contribution >= 4 is 23.2 Å². The van der Waals surface area contributed by atoms with Crippen LogP contribution in [0.4, 0.5) is 4.39 Å². The van der Waals surface area contributed by atoms with Crippen LogP contribution in [-0.2, 0) is 13.2 Å². The molecule has 0 radical (unpaired) electrons. The molecule has 0 unspecified atom stereocenters. The van der Waals surface area contributed by atoms with Crippen LogP contribution in [0.2, 0.25) is 10.0 Å². The van der Waals surface area contributed by atoms with Gasteiger partial charge in [-0.3, -0.25) is 0 Å². The summed E-state index contributed by atoms with van der Waals surface area (Å²) in [6.07, 6.45) is 0. The Morgan fingerprint density at radius 1 is 1.07 bits per heavy atom. The molecule has 0 aromatic heterocycles. The first-order chi connectivity index (χ1) is 13.1. The lowest BCUT2D eigenvalue weighted by Crippen LogP contribution is -2.28. The fourth-order valence-corrected chi connectivity index (χ4v) is 2.95. The smallest absolute Gasteiger partial charge is 0.180 e. The zero-order chi connectivity index (χ0) is 19.6. The van der Waals surface area contributed by atoms with Crippen molar-refractivity contribution in [3.05, 3.63) is 57.3 Å². The molecule has 0 spiro atoms. The first-order valence-electron chi connectivity index (χ1n) is 8.51. The van der Waals surface area contributed by atoms with Gasteiger partial charge in [0.05, 0.1) is 23.8 Å². The molecule has 0 aliphatic rings. The van der Waals surface area contributed by atoms with Gasteiger partial charge in [-0.25, -0.2) is 4.39 Å². The van der Waals surface area contributed by atoms with Gasteiger partial charge < -0.3 is 25.2 Å². The number of halogens is 3. The van der Waals surface area contributed by atoms with Gasteiger partial charge in [-0.15, -0.1) is 0 Å². The number of benzene rings is 2. The molecule has 2 aromatic rings. The standard InChI is InChI=1S/C19H23Cl2FN2O3/c1-26-18-10-13(11-24-6-5-23-7-8-25)9-16(21)19(18)27-12-14-15(20)3-2-4-17(14)22/h2-4,9-10,23-25H,5-8,11-12H2,1H3. The maximum absolute atomic E-state index is 13.9. The van der Waals surface area contributed by atoms with Crippen LogP contribution in [-0.4, -0.2) is 38.5 Å². The first kappa shape index (κ1) is 21.7. The molecular formula is C19H23Cl2FN2O3. The zero-order valence-corrected chi connectivity index (χ0v) is 16.5. The number of methoxy groups -OCH3 is 1. The van der Waals surface area contributed by atoms with Gasteiger partial charge in [0.1, 0.15) is 12.4 Å². The molecule has 27 heavy (non-hydrogen) atoms. The van der Waals surface area contributed by atoms with Crippen molar-refractivity contribution in [1.29, 1.82) is 0 Å². The molecule has 0 atom stereocenters. The number of nitrogens with one attached hydrogen (secondary N) is 2. The first-order valence-corrected chi connectivity index (χ1v) is 9.26. The molecule has 0 bridgehead atoms. The van der Waals surface area contributed by atoms with Gasteiger partial charge in [0.2, 0.25) is 0 Å². The normalized spacial score (nSPS) is 10.9. The van der Waals surface area contributed by atoms with Crippen LogP contribution >= 0.6 is 23.2 Å². The van der Waals surface area contributed by atoms with Gasteiger partial charge in [-0.2, -0.15) is 0 Å². The highest BCUT2D eigenvalue weighted by molar-refractivity contribution is 6.32. The van der Waals surface area contributed by atoms with E-state index in [9.17, 15) is 4.39 Å². The summed E-state index contributed by atoms with van der Waals surface area (Å²) in [7, 11) is 1.52. The molecule has 3 N–H and O–H groups in total. The highest BCUT2D eigenvalue weighted by Gasteiger charge is 2.14. The van der Waals surface area contributed by atoms with Crippen molar-refractivity contribution in [2.24, 2.45) is 0 Å². The van der Waals surface area contributed by atoms with E-state index in [1.807, 2.05) is 6.07 Å². The highest BCUT2D eigenvalue weighted by atomic mass is 35.5. The van der Waals surface area contributed by atoms with E-state index >= 15 is 0 Å². The molecule has 8 heteroatoms. The average molecular weight is 417 g/mol. The second-order valence-corrected chi connectivity index (χ2v) is 6.56. The van der Waals surface area contributed by atoms with Crippen molar-refractivity contribution < 1.29 is 19.0 Å². The van der Waals surface area contributed by atoms with Crippen LogP contribution in [0.15, 0.2) is 30.3 Å². The fourth-order valence-electron chi connectivity index (χ4n) is 2.44. The summed E-state index contributed by atoms with van der Waals surface area (Å²) < 4.78 is 25.0. The lowest BCUT2D eigenvalue weighted by Gasteiger charge is -2.15. The Hall–Kier alpha value is -1.57. The maximum Gasteiger partial charge on any atom is 0.180 e. The summed E-state index contributed by atoms with van der Waals surface area (Å²) in [5, 5.41) is 15.7. The van der Waals surface area contributed by atoms with Crippen LogP contribution in [0.3, 0.4) is 0 Å². The Labute approximate surface area is 168 Å². The molecule has 0 saturated carbocycles. The SMILES string of the molecule is COc1cc(CNCCNCCO)cc(Cl)c1OCc1c(F)cccc1Cl. The predicted molar refractivity (Wildman–Crippen MR) is 105 cm³/mol. The van der Waals surface area contributed by atoms with E-state index in [0.717, 1.165) is 18.7 Å². The van der Waals surface area contributed by atoms with Gasteiger partial charge >= 0.3 is 0 Å². The summed E-state index contributed by atoms with van der Waals surface area (Å²) in [4.78, 5) is 0. The summed E-state index contributed by atoms with van der Waals surface area (Å²) in [5.41, 5.74) is 1.19. The van der Waals surface area contributed by atoms with E-state index in [4.69, 9.17) is 37.8 Å². The number of aliphatic hydroxyl groups excluding tert-OH is 1. The summed E-state index contributed by atoms with van der Waals surface area (Å²) >= 11 is 12.4. The van der Waals surface area contributed by atoms with Crippen molar-refractivity contribution in [3.8, 4) is 11.5 Å². The van der Waals surface area contributed by atoms with Crippen molar-refractivity contribution in [3.63, 3.8) is 0 Å². The molecule has 2 rings (SSSR count).